The van der Waals surface area contributed by atoms with Gasteiger partial charge >= 0.3 is 0 Å². The summed E-state index contributed by atoms with van der Waals surface area (Å²) in [6.45, 7) is 8.90. The average Bonchev–Trinajstić information content (AvgIpc) is 3.04. The van der Waals surface area contributed by atoms with E-state index in [1.807, 2.05) is 12.1 Å². The van der Waals surface area contributed by atoms with Crippen molar-refractivity contribution < 1.29 is 0 Å². The van der Waals surface area contributed by atoms with E-state index in [1.165, 1.54) is 33.4 Å². The Kier molecular flexibility index (Phi) is 8.47. The lowest BCUT2D eigenvalue weighted by atomic mass is 9.77. The van der Waals surface area contributed by atoms with Crippen molar-refractivity contribution in [1.29, 1.82) is 0 Å². The van der Waals surface area contributed by atoms with Gasteiger partial charge in [-0.15, -0.1) is 0 Å². The van der Waals surface area contributed by atoms with E-state index in [2.05, 4.69) is 163 Å². The zero-order valence-electron chi connectivity index (χ0n) is 24.6. The molecule has 0 fully saturated rings. The number of hydrogen-bond acceptors (Lipinski definition) is 0. The van der Waals surface area contributed by atoms with Crippen LogP contribution >= 0.6 is 43.5 Å². The van der Waals surface area contributed by atoms with Gasteiger partial charge < -0.3 is 0 Å². The zero-order chi connectivity index (χ0) is 30.2. The van der Waals surface area contributed by atoms with Crippen LogP contribution in [0.15, 0.2) is 124 Å². The van der Waals surface area contributed by atoms with Crippen molar-refractivity contribution in [3.63, 3.8) is 0 Å². The summed E-state index contributed by atoms with van der Waals surface area (Å²) in [6.07, 6.45) is 0. The van der Waals surface area contributed by atoms with Crippen LogP contribution in [0, 0.1) is 27.7 Å². The molecule has 0 amide bonds. The maximum Gasteiger partial charge on any atom is 0.0484 e. The summed E-state index contributed by atoms with van der Waals surface area (Å²) in [5.74, 6) is 0. The smallest absolute Gasteiger partial charge is 0.0484 e. The summed E-state index contributed by atoms with van der Waals surface area (Å²) in [7, 11) is 0. The summed E-state index contributed by atoms with van der Waals surface area (Å²) < 4.78 is 2.17. The highest BCUT2D eigenvalue weighted by molar-refractivity contribution is 9.11. The Hall–Kier alpha value is -3.43. The first kappa shape index (κ1) is 29.6. The van der Waals surface area contributed by atoms with Gasteiger partial charge in [0.1, 0.15) is 0 Å². The number of halogens is 3. The average molecular weight is 707 g/mol. The second kappa shape index (κ2) is 12.3. The molecule has 0 saturated carbocycles. The quantitative estimate of drug-likeness (QED) is 0.167. The van der Waals surface area contributed by atoms with Crippen LogP contribution in [0.2, 0.25) is 5.02 Å². The van der Waals surface area contributed by atoms with Crippen molar-refractivity contribution in [3.8, 4) is 55.6 Å². The van der Waals surface area contributed by atoms with Gasteiger partial charge in [-0.3, -0.25) is 0 Å². The molecule has 0 spiro atoms. The molecule has 0 N–H and O–H groups in total. The molecule has 0 aliphatic heterocycles. The Labute approximate surface area is 276 Å². The second-order valence-electron chi connectivity index (χ2n) is 11.0. The Morgan fingerprint density at radius 2 is 0.907 bits per heavy atom. The molecule has 6 aromatic carbocycles. The van der Waals surface area contributed by atoms with Gasteiger partial charge in [-0.05, 0) is 129 Å². The maximum atomic E-state index is 7.12. The molecule has 0 atom stereocenters. The first-order chi connectivity index (χ1) is 20.8. The van der Waals surface area contributed by atoms with Gasteiger partial charge in [0, 0.05) is 25.1 Å². The minimum atomic E-state index is 0.721. The van der Waals surface area contributed by atoms with Crippen LogP contribution in [0.5, 0.6) is 0 Å². The molecule has 0 radical (unpaired) electrons. The fourth-order valence-electron chi connectivity index (χ4n) is 6.10. The molecule has 0 aliphatic carbocycles. The Bertz CT molecular complexity index is 1950. The predicted molar refractivity (Wildman–Crippen MR) is 193 cm³/mol. The fraction of sp³-hybridized carbons (Fsp3) is 0.100. The van der Waals surface area contributed by atoms with Crippen LogP contribution in [0.3, 0.4) is 0 Å². The van der Waals surface area contributed by atoms with Gasteiger partial charge in [0.05, 0.1) is 0 Å². The Balaban J connectivity index is 1.94. The number of rotatable bonds is 5. The van der Waals surface area contributed by atoms with E-state index < -0.39 is 0 Å². The van der Waals surface area contributed by atoms with Crippen molar-refractivity contribution >= 4 is 43.5 Å². The molecule has 0 aromatic heterocycles. The molecule has 0 unspecified atom stereocenters. The van der Waals surface area contributed by atoms with Gasteiger partial charge in [0.2, 0.25) is 0 Å². The van der Waals surface area contributed by atoms with E-state index in [9.17, 15) is 0 Å². The molecule has 3 heteroatoms. The van der Waals surface area contributed by atoms with Gasteiger partial charge in [-0.1, -0.05) is 125 Å². The number of benzene rings is 6. The van der Waals surface area contributed by atoms with Gasteiger partial charge in [-0.25, -0.2) is 0 Å². The van der Waals surface area contributed by atoms with Gasteiger partial charge in [0.15, 0.2) is 0 Å². The van der Waals surface area contributed by atoms with Crippen LogP contribution in [0.1, 0.15) is 22.3 Å². The third kappa shape index (κ3) is 5.31. The summed E-state index contributed by atoms with van der Waals surface area (Å²) in [4.78, 5) is 0. The lowest BCUT2D eigenvalue weighted by molar-refractivity contribution is 1.20. The maximum absolute atomic E-state index is 7.12. The van der Waals surface area contributed by atoms with Crippen molar-refractivity contribution in [2.45, 2.75) is 27.7 Å². The van der Waals surface area contributed by atoms with Crippen molar-refractivity contribution in [1.82, 2.24) is 0 Å². The summed E-state index contributed by atoms with van der Waals surface area (Å²) >= 11 is 15.1. The topological polar surface area (TPSA) is 0 Å². The lowest BCUT2D eigenvalue weighted by Gasteiger charge is -2.27. The predicted octanol–water partition coefficient (Wildman–Crippen LogP) is 13.4. The van der Waals surface area contributed by atoms with E-state index in [1.54, 1.807) is 0 Å². The van der Waals surface area contributed by atoms with Crippen molar-refractivity contribution in [2.24, 2.45) is 0 Å². The fourth-order valence-corrected chi connectivity index (χ4v) is 7.64. The van der Waals surface area contributed by atoms with E-state index >= 15 is 0 Å². The molecular formula is C40H31Br2Cl. The van der Waals surface area contributed by atoms with Crippen LogP contribution in [0.25, 0.3) is 55.6 Å². The molecule has 6 aromatic rings. The summed E-state index contributed by atoms with van der Waals surface area (Å²) in [5, 5.41) is 0.721. The Morgan fingerprint density at radius 1 is 0.419 bits per heavy atom. The molecule has 0 bridgehead atoms. The monoisotopic (exact) mass is 704 g/mol. The van der Waals surface area contributed by atoms with E-state index in [4.69, 9.17) is 11.6 Å². The molecule has 212 valence electrons. The standard InChI is InChI=1S/C40H31Br2Cl/c1-24-25(2)27(4)40(42)36(26(24)3)33-23-32(30-19-11-13-21-34(30)41)37(28-15-7-5-8-16-28)39(31-20-12-14-22-35(31)43)38(33)29-17-9-6-10-18-29/h5-23H,1-4H3. The molecule has 43 heavy (non-hydrogen) atoms. The third-order valence-electron chi connectivity index (χ3n) is 8.64. The molecule has 0 nitrogen and oxygen atoms in total. The summed E-state index contributed by atoms with van der Waals surface area (Å²) in [6, 6.07) is 40.5. The first-order valence-corrected chi connectivity index (χ1v) is 16.3. The zero-order valence-corrected chi connectivity index (χ0v) is 28.5. The van der Waals surface area contributed by atoms with E-state index in [0.29, 0.717) is 0 Å². The van der Waals surface area contributed by atoms with Crippen molar-refractivity contribution in [2.75, 3.05) is 0 Å². The highest BCUT2D eigenvalue weighted by Gasteiger charge is 2.27. The highest BCUT2D eigenvalue weighted by Crippen LogP contribution is 2.54. The molecule has 0 saturated heterocycles. The van der Waals surface area contributed by atoms with Crippen molar-refractivity contribution in [3.05, 3.63) is 151 Å². The van der Waals surface area contributed by atoms with Gasteiger partial charge in [0.25, 0.3) is 0 Å². The largest absolute Gasteiger partial charge is 0.0837 e. The van der Waals surface area contributed by atoms with E-state index in [-0.39, 0.29) is 0 Å². The third-order valence-corrected chi connectivity index (χ3v) is 10.7. The summed E-state index contributed by atoms with van der Waals surface area (Å²) in [5.41, 5.74) is 16.5. The SMILES string of the molecule is Cc1c(C)c(C)c(-c2cc(-c3ccccc3Br)c(-c3ccccc3)c(-c3ccccc3Cl)c2-c2ccccc2)c(Br)c1C. The van der Waals surface area contributed by atoms with Crippen LogP contribution < -0.4 is 0 Å². The number of hydrogen-bond donors (Lipinski definition) is 0. The minimum Gasteiger partial charge on any atom is -0.0837 e. The van der Waals surface area contributed by atoms with E-state index in [0.717, 1.165) is 58.5 Å². The minimum absolute atomic E-state index is 0.721. The lowest BCUT2D eigenvalue weighted by Crippen LogP contribution is -2.02. The van der Waals surface area contributed by atoms with Crippen LogP contribution in [-0.4, -0.2) is 0 Å². The second-order valence-corrected chi connectivity index (χ2v) is 13.0. The van der Waals surface area contributed by atoms with Crippen LogP contribution in [0.4, 0.5) is 0 Å². The van der Waals surface area contributed by atoms with Crippen LogP contribution in [-0.2, 0) is 0 Å². The van der Waals surface area contributed by atoms with Gasteiger partial charge in [-0.2, -0.15) is 0 Å². The molecule has 6 rings (SSSR count). The molecular weight excluding hydrogens is 676 g/mol. The molecule has 0 heterocycles. The Morgan fingerprint density at radius 3 is 1.49 bits per heavy atom. The first-order valence-electron chi connectivity index (χ1n) is 14.4. The molecule has 0 aliphatic rings. The normalized spacial score (nSPS) is 11.1. The highest BCUT2D eigenvalue weighted by atomic mass is 79.9.